The van der Waals surface area contributed by atoms with Crippen LogP contribution in [0.1, 0.15) is 18.9 Å². The molecule has 1 aromatic rings. The number of carboxylic acid groups (broad SMARTS) is 1. The first-order valence-corrected chi connectivity index (χ1v) is 6.34. The lowest BCUT2D eigenvalue weighted by molar-refractivity contribution is -0.138. The van der Waals surface area contributed by atoms with Gasteiger partial charge >= 0.3 is 5.97 Å². The molecule has 1 atom stereocenters. The van der Waals surface area contributed by atoms with E-state index in [4.69, 9.17) is 10.8 Å². The lowest BCUT2D eigenvalue weighted by Crippen LogP contribution is -2.45. The molecule has 1 amide bonds. The summed E-state index contributed by atoms with van der Waals surface area (Å²) in [6, 6.07) is 8.91. The van der Waals surface area contributed by atoms with Gasteiger partial charge in [-0.15, -0.1) is 0 Å². The summed E-state index contributed by atoms with van der Waals surface area (Å²) in [5, 5.41) is 8.64. The van der Waals surface area contributed by atoms with E-state index in [0.717, 1.165) is 5.56 Å². The van der Waals surface area contributed by atoms with Crippen LogP contribution >= 0.6 is 0 Å². The predicted molar refractivity (Wildman–Crippen MR) is 72.6 cm³/mol. The monoisotopic (exact) mass is 264 g/mol. The first-order chi connectivity index (χ1) is 9.04. The minimum atomic E-state index is -0.914. The fraction of sp³-hybridized carbons (Fsp3) is 0.429. The standard InChI is InChI=1S/C14H20N2O3/c1-2-16(9-8-13(17)18)14(19)12(15)10-11-6-4-3-5-7-11/h3-7,12H,2,8-10,15H2,1H3,(H,17,18)/t12-/m1/s1. The van der Waals surface area contributed by atoms with Gasteiger partial charge in [-0.2, -0.15) is 0 Å². The van der Waals surface area contributed by atoms with E-state index in [1.54, 1.807) is 0 Å². The fourth-order valence-corrected chi connectivity index (χ4v) is 1.84. The molecule has 104 valence electrons. The molecule has 5 nitrogen and oxygen atoms in total. The molecule has 0 aliphatic heterocycles. The molecular formula is C14H20N2O3. The van der Waals surface area contributed by atoms with E-state index < -0.39 is 12.0 Å². The summed E-state index contributed by atoms with van der Waals surface area (Å²) in [5.41, 5.74) is 6.89. The van der Waals surface area contributed by atoms with Crippen LogP contribution in [0.2, 0.25) is 0 Å². The number of likely N-dealkylation sites (N-methyl/N-ethyl adjacent to an activating group) is 1. The summed E-state index contributed by atoms with van der Waals surface area (Å²) in [6.07, 6.45) is 0.404. The van der Waals surface area contributed by atoms with Crippen molar-refractivity contribution in [3.8, 4) is 0 Å². The number of hydrogen-bond donors (Lipinski definition) is 2. The zero-order chi connectivity index (χ0) is 14.3. The van der Waals surface area contributed by atoms with E-state index in [1.165, 1.54) is 4.90 Å². The molecule has 19 heavy (non-hydrogen) atoms. The Kier molecular flexibility index (Phi) is 6.02. The maximum atomic E-state index is 12.1. The van der Waals surface area contributed by atoms with Crippen LogP contribution < -0.4 is 5.73 Å². The van der Waals surface area contributed by atoms with E-state index in [1.807, 2.05) is 37.3 Å². The van der Waals surface area contributed by atoms with Crippen LogP contribution in [0, 0.1) is 0 Å². The number of carbonyl (C=O) groups is 2. The van der Waals surface area contributed by atoms with E-state index in [2.05, 4.69) is 0 Å². The van der Waals surface area contributed by atoms with Gasteiger partial charge in [-0.25, -0.2) is 0 Å². The van der Waals surface area contributed by atoms with Gasteiger partial charge in [0.05, 0.1) is 12.5 Å². The average Bonchev–Trinajstić information content (AvgIpc) is 2.40. The van der Waals surface area contributed by atoms with Crippen molar-refractivity contribution in [2.45, 2.75) is 25.8 Å². The highest BCUT2D eigenvalue weighted by molar-refractivity contribution is 5.82. The number of carboxylic acids is 1. The summed E-state index contributed by atoms with van der Waals surface area (Å²) >= 11 is 0. The molecule has 0 aliphatic rings. The highest BCUT2D eigenvalue weighted by atomic mass is 16.4. The molecule has 3 N–H and O–H groups in total. The number of nitrogens with zero attached hydrogens (tertiary/aromatic N) is 1. The second-order valence-corrected chi connectivity index (χ2v) is 4.36. The second kappa shape index (κ2) is 7.53. The lowest BCUT2D eigenvalue weighted by Gasteiger charge is -2.23. The molecule has 0 spiro atoms. The van der Waals surface area contributed by atoms with Crippen molar-refractivity contribution in [3.05, 3.63) is 35.9 Å². The van der Waals surface area contributed by atoms with Crippen molar-refractivity contribution in [3.63, 3.8) is 0 Å². The van der Waals surface area contributed by atoms with Crippen LogP contribution in [-0.4, -0.2) is 41.0 Å². The first kappa shape index (κ1) is 15.2. The van der Waals surface area contributed by atoms with Crippen molar-refractivity contribution >= 4 is 11.9 Å². The number of rotatable bonds is 7. The predicted octanol–water partition coefficient (Wildman–Crippen LogP) is 0.880. The van der Waals surface area contributed by atoms with Crippen LogP contribution in [0.25, 0.3) is 0 Å². The Balaban J connectivity index is 2.56. The van der Waals surface area contributed by atoms with Crippen molar-refractivity contribution in [1.29, 1.82) is 0 Å². The Morgan fingerprint density at radius 1 is 1.32 bits per heavy atom. The largest absolute Gasteiger partial charge is 0.481 e. The lowest BCUT2D eigenvalue weighted by atomic mass is 10.1. The Hall–Kier alpha value is -1.88. The van der Waals surface area contributed by atoms with Crippen LogP contribution in [0.3, 0.4) is 0 Å². The molecule has 5 heteroatoms. The van der Waals surface area contributed by atoms with Gasteiger partial charge in [0.15, 0.2) is 0 Å². The quantitative estimate of drug-likeness (QED) is 0.765. The Morgan fingerprint density at radius 2 is 1.95 bits per heavy atom. The average molecular weight is 264 g/mol. The number of amides is 1. The molecule has 0 radical (unpaired) electrons. The fourth-order valence-electron chi connectivity index (χ4n) is 1.84. The molecule has 0 aliphatic carbocycles. The van der Waals surface area contributed by atoms with Crippen molar-refractivity contribution < 1.29 is 14.7 Å². The van der Waals surface area contributed by atoms with E-state index >= 15 is 0 Å². The minimum absolute atomic E-state index is 0.0579. The van der Waals surface area contributed by atoms with Crippen molar-refractivity contribution in [2.75, 3.05) is 13.1 Å². The summed E-state index contributed by atoms with van der Waals surface area (Å²) in [7, 11) is 0. The smallest absolute Gasteiger partial charge is 0.305 e. The third-order valence-corrected chi connectivity index (χ3v) is 2.90. The van der Waals surface area contributed by atoms with Gasteiger partial charge < -0.3 is 15.7 Å². The topological polar surface area (TPSA) is 83.6 Å². The molecule has 0 bridgehead atoms. The second-order valence-electron chi connectivity index (χ2n) is 4.36. The van der Waals surface area contributed by atoms with Crippen LogP contribution in [0.5, 0.6) is 0 Å². The first-order valence-electron chi connectivity index (χ1n) is 6.34. The van der Waals surface area contributed by atoms with Gasteiger partial charge in [0.25, 0.3) is 0 Å². The summed E-state index contributed by atoms with van der Waals surface area (Å²) < 4.78 is 0. The van der Waals surface area contributed by atoms with Gasteiger partial charge in [-0.3, -0.25) is 9.59 Å². The molecule has 1 rings (SSSR count). The summed E-state index contributed by atoms with van der Waals surface area (Å²) in [5.74, 6) is -1.12. The van der Waals surface area contributed by atoms with Gasteiger partial charge in [-0.05, 0) is 18.9 Å². The van der Waals surface area contributed by atoms with Gasteiger partial charge in [-0.1, -0.05) is 30.3 Å². The number of hydrogen-bond acceptors (Lipinski definition) is 3. The normalized spacial score (nSPS) is 11.9. The number of nitrogens with two attached hydrogens (primary N) is 1. The van der Waals surface area contributed by atoms with Gasteiger partial charge in [0.1, 0.15) is 0 Å². The Labute approximate surface area is 113 Å². The molecule has 0 aromatic heterocycles. The van der Waals surface area contributed by atoms with Crippen molar-refractivity contribution in [2.24, 2.45) is 5.73 Å². The molecule has 0 saturated heterocycles. The Morgan fingerprint density at radius 3 is 2.47 bits per heavy atom. The maximum Gasteiger partial charge on any atom is 0.305 e. The van der Waals surface area contributed by atoms with E-state index in [0.29, 0.717) is 13.0 Å². The molecular weight excluding hydrogens is 244 g/mol. The third kappa shape index (κ3) is 5.09. The molecule has 0 unspecified atom stereocenters. The zero-order valence-corrected chi connectivity index (χ0v) is 11.1. The Bertz CT molecular complexity index is 420. The zero-order valence-electron chi connectivity index (χ0n) is 11.1. The van der Waals surface area contributed by atoms with Gasteiger partial charge in [0, 0.05) is 13.1 Å². The summed E-state index contributed by atoms with van der Waals surface area (Å²) in [6.45, 7) is 2.48. The molecule has 0 saturated carbocycles. The minimum Gasteiger partial charge on any atom is -0.481 e. The number of benzene rings is 1. The maximum absolute atomic E-state index is 12.1. The SMILES string of the molecule is CCN(CCC(=O)O)C(=O)[C@H](N)Cc1ccccc1. The van der Waals surface area contributed by atoms with Crippen molar-refractivity contribution in [1.82, 2.24) is 4.90 Å². The van der Waals surface area contributed by atoms with Crippen LogP contribution in [-0.2, 0) is 16.0 Å². The van der Waals surface area contributed by atoms with Crippen LogP contribution in [0.15, 0.2) is 30.3 Å². The third-order valence-electron chi connectivity index (χ3n) is 2.90. The van der Waals surface area contributed by atoms with Crippen LogP contribution in [0.4, 0.5) is 0 Å². The number of carbonyl (C=O) groups excluding carboxylic acids is 1. The van der Waals surface area contributed by atoms with E-state index in [-0.39, 0.29) is 18.9 Å². The molecule has 1 aromatic carbocycles. The number of aliphatic carboxylic acids is 1. The summed E-state index contributed by atoms with van der Waals surface area (Å²) in [4.78, 5) is 24.1. The highest BCUT2D eigenvalue weighted by Gasteiger charge is 2.20. The molecule has 0 fully saturated rings. The highest BCUT2D eigenvalue weighted by Crippen LogP contribution is 2.05. The van der Waals surface area contributed by atoms with E-state index in [9.17, 15) is 9.59 Å². The molecule has 0 heterocycles. The van der Waals surface area contributed by atoms with Gasteiger partial charge in [0.2, 0.25) is 5.91 Å².